The number of hydrogen-bond donors (Lipinski definition) is 2. The lowest BCUT2D eigenvalue weighted by Gasteiger charge is -2.21. The monoisotopic (exact) mass is 469 g/mol. The van der Waals surface area contributed by atoms with Gasteiger partial charge in [-0.3, -0.25) is 4.79 Å². The molecule has 34 heavy (non-hydrogen) atoms. The van der Waals surface area contributed by atoms with Crippen LogP contribution < -0.4 is 19.5 Å². The van der Waals surface area contributed by atoms with Gasteiger partial charge in [0.2, 0.25) is 6.79 Å². The maximum atomic E-state index is 15.1. The number of carboxylic acid groups (broad SMARTS) is 1. The van der Waals surface area contributed by atoms with Crippen molar-refractivity contribution in [3.63, 3.8) is 0 Å². The molecular weight excluding hydrogens is 444 g/mol. The summed E-state index contributed by atoms with van der Waals surface area (Å²) in [5.41, 5.74) is 0.616. The molecule has 0 bridgehead atoms. The number of carbonyl (C=O) groups is 1. The number of nitrogens with one attached hydrogen (secondary N) is 1. The third-order valence-electron chi connectivity index (χ3n) is 5.50. The van der Waals surface area contributed by atoms with Crippen molar-refractivity contribution in [2.75, 3.05) is 19.9 Å². The van der Waals surface area contributed by atoms with Crippen LogP contribution >= 0.6 is 0 Å². The fraction of sp³-hybridized carbons (Fsp3) is 0.269. The molecule has 1 heterocycles. The molecule has 0 aliphatic carbocycles. The summed E-state index contributed by atoms with van der Waals surface area (Å²) >= 11 is 0. The number of ether oxygens (including phenoxy) is 3. The average Bonchev–Trinajstić information content (AvgIpc) is 3.32. The first-order chi connectivity index (χ1) is 16.4. The fourth-order valence-electron chi connectivity index (χ4n) is 3.73. The largest absolute Gasteiger partial charge is 0.486 e. The molecular formula is C26H25F2NO5. The molecule has 1 atom stereocenters. The van der Waals surface area contributed by atoms with Gasteiger partial charge in [0.25, 0.3) is 5.92 Å². The number of fused-ring (bicyclic) bond motifs is 1. The zero-order chi connectivity index (χ0) is 24.0. The van der Waals surface area contributed by atoms with Crippen LogP contribution in [0, 0.1) is 0 Å². The van der Waals surface area contributed by atoms with E-state index in [4.69, 9.17) is 19.3 Å². The Kier molecular flexibility index (Phi) is 7.27. The SMILES string of the molecule is O=C(O)CNCCCC(Oc1ccc(C(F)(F)c2ccc3c(c2)OCO3)cc1)c1ccccc1. The van der Waals surface area contributed by atoms with Gasteiger partial charge in [-0.05, 0) is 67.4 Å². The Morgan fingerprint density at radius 2 is 1.71 bits per heavy atom. The quantitative estimate of drug-likeness (QED) is 0.379. The van der Waals surface area contributed by atoms with Gasteiger partial charge in [-0.15, -0.1) is 0 Å². The van der Waals surface area contributed by atoms with E-state index in [1.165, 1.54) is 42.5 Å². The second-order valence-corrected chi connectivity index (χ2v) is 7.90. The second-order valence-electron chi connectivity index (χ2n) is 7.90. The van der Waals surface area contributed by atoms with E-state index >= 15 is 8.78 Å². The predicted molar refractivity (Wildman–Crippen MR) is 122 cm³/mol. The lowest BCUT2D eigenvalue weighted by Crippen LogP contribution is -2.24. The first-order valence-electron chi connectivity index (χ1n) is 11.0. The summed E-state index contributed by atoms with van der Waals surface area (Å²) in [6.45, 7) is 0.449. The number of rotatable bonds is 11. The van der Waals surface area contributed by atoms with Gasteiger partial charge >= 0.3 is 5.97 Å². The number of benzene rings is 3. The highest BCUT2D eigenvalue weighted by Crippen LogP contribution is 2.41. The third-order valence-corrected chi connectivity index (χ3v) is 5.50. The summed E-state index contributed by atoms with van der Waals surface area (Å²) in [6.07, 6.45) is 1.02. The number of hydrogen-bond acceptors (Lipinski definition) is 5. The van der Waals surface area contributed by atoms with Gasteiger partial charge in [0.05, 0.1) is 6.54 Å². The summed E-state index contributed by atoms with van der Waals surface area (Å²) in [6, 6.07) is 19.5. The molecule has 1 unspecified atom stereocenters. The highest BCUT2D eigenvalue weighted by Gasteiger charge is 2.35. The minimum atomic E-state index is -3.21. The van der Waals surface area contributed by atoms with Crippen molar-refractivity contribution in [1.82, 2.24) is 5.32 Å². The molecule has 2 N–H and O–H groups in total. The maximum Gasteiger partial charge on any atom is 0.317 e. The Morgan fingerprint density at radius 3 is 2.44 bits per heavy atom. The van der Waals surface area contributed by atoms with Crippen LogP contribution in [0.4, 0.5) is 8.78 Å². The van der Waals surface area contributed by atoms with Crippen LogP contribution in [-0.2, 0) is 10.7 Å². The minimum Gasteiger partial charge on any atom is -0.486 e. The van der Waals surface area contributed by atoms with Crippen LogP contribution in [0.25, 0.3) is 0 Å². The molecule has 1 aliphatic heterocycles. The van der Waals surface area contributed by atoms with Crippen LogP contribution in [-0.4, -0.2) is 31.0 Å². The Balaban J connectivity index is 1.45. The molecule has 6 nitrogen and oxygen atoms in total. The second kappa shape index (κ2) is 10.5. The summed E-state index contributed by atoms with van der Waals surface area (Å²) < 4.78 is 46.8. The first kappa shape index (κ1) is 23.5. The van der Waals surface area contributed by atoms with Gasteiger partial charge in [-0.1, -0.05) is 30.3 Å². The summed E-state index contributed by atoms with van der Waals surface area (Å²) in [5.74, 6) is -2.89. The molecule has 0 spiro atoms. The molecule has 1 aliphatic rings. The highest BCUT2D eigenvalue weighted by atomic mass is 19.3. The van der Waals surface area contributed by atoms with Crippen LogP contribution in [0.1, 0.15) is 35.6 Å². The van der Waals surface area contributed by atoms with Crippen LogP contribution in [0.2, 0.25) is 0 Å². The Morgan fingerprint density at radius 1 is 1.00 bits per heavy atom. The molecule has 0 amide bonds. The molecule has 4 rings (SSSR count). The number of alkyl halides is 2. The van der Waals surface area contributed by atoms with E-state index in [0.29, 0.717) is 36.6 Å². The highest BCUT2D eigenvalue weighted by molar-refractivity contribution is 5.68. The molecule has 3 aromatic carbocycles. The summed E-state index contributed by atoms with van der Waals surface area (Å²) in [5, 5.41) is 11.6. The van der Waals surface area contributed by atoms with Crippen LogP contribution in [0.3, 0.4) is 0 Å². The van der Waals surface area contributed by atoms with Crippen molar-refractivity contribution >= 4 is 5.97 Å². The van der Waals surface area contributed by atoms with Crippen molar-refractivity contribution in [3.8, 4) is 17.2 Å². The van der Waals surface area contributed by atoms with Crippen molar-refractivity contribution in [2.45, 2.75) is 24.9 Å². The van der Waals surface area contributed by atoms with E-state index in [1.807, 2.05) is 30.3 Å². The van der Waals surface area contributed by atoms with E-state index in [0.717, 1.165) is 5.56 Å². The van der Waals surface area contributed by atoms with Crippen LogP contribution in [0.15, 0.2) is 72.8 Å². The van der Waals surface area contributed by atoms with Crippen molar-refractivity contribution in [1.29, 1.82) is 0 Å². The molecule has 3 aromatic rings. The maximum absolute atomic E-state index is 15.1. The van der Waals surface area contributed by atoms with Gasteiger partial charge in [0, 0.05) is 11.1 Å². The molecule has 0 saturated carbocycles. The average molecular weight is 469 g/mol. The first-order valence-corrected chi connectivity index (χ1v) is 11.0. The van der Waals surface area contributed by atoms with Crippen molar-refractivity contribution < 1.29 is 32.9 Å². The van der Waals surface area contributed by atoms with Gasteiger partial charge in [0.1, 0.15) is 11.9 Å². The normalized spacial score (nSPS) is 13.5. The van der Waals surface area contributed by atoms with Crippen molar-refractivity contribution in [3.05, 3.63) is 89.5 Å². The summed E-state index contributed by atoms with van der Waals surface area (Å²) in [4.78, 5) is 10.6. The van der Waals surface area contributed by atoms with E-state index in [-0.39, 0.29) is 30.6 Å². The Bertz CT molecular complexity index is 1110. The molecule has 8 heteroatoms. The Hall–Kier alpha value is -3.65. The van der Waals surface area contributed by atoms with Gasteiger partial charge in [-0.2, -0.15) is 8.78 Å². The zero-order valence-electron chi connectivity index (χ0n) is 18.4. The standard InChI is InChI=1S/C26H25F2NO5/c27-26(28,20-10-13-23-24(15-20)33-17-32-23)19-8-11-21(12-9-19)34-22(18-5-2-1-3-6-18)7-4-14-29-16-25(30)31/h1-3,5-6,8-13,15,22,29H,4,7,14,16-17H2,(H,30,31). The van der Waals surface area contributed by atoms with E-state index in [1.54, 1.807) is 0 Å². The third kappa shape index (κ3) is 5.63. The molecule has 0 aromatic heterocycles. The summed E-state index contributed by atoms with van der Waals surface area (Å²) in [7, 11) is 0. The van der Waals surface area contributed by atoms with E-state index in [9.17, 15) is 4.79 Å². The van der Waals surface area contributed by atoms with Gasteiger partial charge in [-0.25, -0.2) is 0 Å². The van der Waals surface area contributed by atoms with Gasteiger partial charge < -0.3 is 24.6 Å². The van der Waals surface area contributed by atoms with Crippen LogP contribution in [0.5, 0.6) is 17.2 Å². The topological polar surface area (TPSA) is 77.0 Å². The molecule has 178 valence electrons. The lowest BCUT2D eigenvalue weighted by molar-refractivity contribution is -0.135. The number of halogens is 2. The van der Waals surface area contributed by atoms with E-state index in [2.05, 4.69) is 5.32 Å². The smallest absolute Gasteiger partial charge is 0.317 e. The predicted octanol–water partition coefficient (Wildman–Crippen LogP) is 5.13. The number of carboxylic acids is 1. The zero-order valence-corrected chi connectivity index (χ0v) is 18.4. The van der Waals surface area contributed by atoms with Gasteiger partial charge in [0.15, 0.2) is 11.5 Å². The lowest BCUT2D eigenvalue weighted by atomic mass is 9.99. The molecule has 0 saturated heterocycles. The molecule has 0 radical (unpaired) electrons. The molecule has 0 fully saturated rings. The van der Waals surface area contributed by atoms with E-state index < -0.39 is 11.9 Å². The fourth-order valence-corrected chi connectivity index (χ4v) is 3.73. The minimum absolute atomic E-state index is 0.0224. The number of aliphatic carboxylic acids is 1. The Labute approximate surface area is 196 Å². The van der Waals surface area contributed by atoms with Crippen molar-refractivity contribution in [2.24, 2.45) is 0 Å².